The smallest absolute Gasteiger partial charge is 0.404 e. The zero-order valence-electron chi connectivity index (χ0n) is 12.6. The molecule has 0 atom stereocenters. The summed E-state index contributed by atoms with van der Waals surface area (Å²) in [7, 11) is 0. The summed E-state index contributed by atoms with van der Waals surface area (Å²) in [5.41, 5.74) is 9.53. The van der Waals surface area contributed by atoms with Crippen molar-refractivity contribution in [3.8, 4) is 0 Å². The second kappa shape index (κ2) is 6.29. The van der Waals surface area contributed by atoms with Crippen molar-refractivity contribution < 1.29 is 9.53 Å². The van der Waals surface area contributed by atoms with Crippen molar-refractivity contribution in [2.75, 3.05) is 6.61 Å². The van der Waals surface area contributed by atoms with E-state index in [9.17, 15) is 4.79 Å². The molecule has 1 amide bonds. The van der Waals surface area contributed by atoms with Crippen LogP contribution in [-0.2, 0) is 11.2 Å². The molecule has 0 unspecified atom stereocenters. The number of unbranched alkanes of at least 4 members (excludes halogenated alkanes) is 1. The van der Waals surface area contributed by atoms with Crippen LogP contribution in [0.1, 0.15) is 48.8 Å². The molecule has 0 aromatic heterocycles. The monoisotopic (exact) mass is 275 g/mol. The maximum Gasteiger partial charge on any atom is 0.404 e. The van der Waals surface area contributed by atoms with E-state index in [-0.39, 0.29) is 5.41 Å². The minimum absolute atomic E-state index is 0.247. The maximum absolute atomic E-state index is 10.7. The molecule has 1 aromatic carbocycles. The summed E-state index contributed by atoms with van der Waals surface area (Å²) >= 11 is 0. The van der Waals surface area contributed by atoms with Gasteiger partial charge in [0.05, 0.1) is 6.61 Å². The third kappa shape index (κ3) is 3.99. The van der Waals surface area contributed by atoms with Gasteiger partial charge in [-0.25, -0.2) is 4.79 Å². The van der Waals surface area contributed by atoms with Gasteiger partial charge in [-0.05, 0) is 62.6 Å². The Morgan fingerprint density at radius 1 is 1.30 bits per heavy atom. The van der Waals surface area contributed by atoms with Crippen LogP contribution < -0.4 is 5.73 Å². The molecular weight excluding hydrogens is 250 g/mol. The molecule has 1 fully saturated rings. The number of hydrogen-bond donors (Lipinski definition) is 1. The number of amides is 1. The average Bonchev–Trinajstić information content (AvgIpc) is 3.18. The molecule has 0 aliphatic heterocycles. The minimum Gasteiger partial charge on any atom is -0.449 e. The molecule has 3 heteroatoms. The van der Waals surface area contributed by atoms with Gasteiger partial charge in [-0.2, -0.15) is 0 Å². The zero-order chi connectivity index (χ0) is 14.6. The fourth-order valence-electron chi connectivity index (χ4n) is 2.77. The van der Waals surface area contributed by atoms with Crippen LogP contribution in [0, 0.1) is 19.3 Å². The van der Waals surface area contributed by atoms with E-state index in [4.69, 9.17) is 10.5 Å². The van der Waals surface area contributed by atoms with Crippen LogP contribution in [-0.4, -0.2) is 12.7 Å². The van der Waals surface area contributed by atoms with Crippen molar-refractivity contribution in [2.45, 2.75) is 52.4 Å². The first-order valence-electron chi connectivity index (χ1n) is 7.50. The van der Waals surface area contributed by atoms with Gasteiger partial charge in [0.1, 0.15) is 0 Å². The van der Waals surface area contributed by atoms with Crippen LogP contribution in [0.25, 0.3) is 0 Å². The maximum atomic E-state index is 10.7. The molecular formula is C17H25NO2. The van der Waals surface area contributed by atoms with E-state index >= 15 is 0 Å². The van der Waals surface area contributed by atoms with E-state index in [1.807, 2.05) is 0 Å². The van der Waals surface area contributed by atoms with Crippen LogP contribution in [0.15, 0.2) is 18.2 Å². The van der Waals surface area contributed by atoms with Crippen LogP contribution >= 0.6 is 0 Å². The van der Waals surface area contributed by atoms with E-state index in [1.54, 1.807) is 0 Å². The van der Waals surface area contributed by atoms with Gasteiger partial charge in [0.2, 0.25) is 0 Å². The Bertz CT molecular complexity index is 478. The van der Waals surface area contributed by atoms with E-state index in [1.165, 1.54) is 42.4 Å². The Balaban J connectivity index is 1.71. The van der Waals surface area contributed by atoms with E-state index in [0.717, 1.165) is 12.8 Å². The number of nitrogens with two attached hydrogens (primary N) is 1. The number of primary amides is 1. The Kier molecular flexibility index (Phi) is 4.69. The molecule has 2 rings (SSSR count). The standard InChI is InChI=1S/C17H25NO2/c1-13-6-5-8-15(14(13)2)7-3-4-9-17(10-11-17)12-20-16(18)19/h5-6,8H,3-4,7,9-12H2,1-2H3,(H2,18,19). The van der Waals surface area contributed by atoms with Crippen LogP contribution in [0.5, 0.6) is 0 Å². The largest absolute Gasteiger partial charge is 0.449 e. The van der Waals surface area contributed by atoms with Gasteiger partial charge < -0.3 is 10.5 Å². The molecule has 20 heavy (non-hydrogen) atoms. The zero-order valence-corrected chi connectivity index (χ0v) is 12.6. The highest BCUT2D eigenvalue weighted by Crippen LogP contribution is 2.50. The summed E-state index contributed by atoms with van der Waals surface area (Å²) in [6.45, 7) is 4.87. The number of ether oxygens (including phenoxy) is 1. The Labute approximate surface area is 121 Å². The number of rotatable bonds is 7. The lowest BCUT2D eigenvalue weighted by Gasteiger charge is -2.14. The molecule has 1 aliphatic rings. The quantitative estimate of drug-likeness (QED) is 0.767. The predicted octanol–water partition coefficient (Wildman–Crippen LogP) is 3.89. The van der Waals surface area contributed by atoms with Crippen molar-refractivity contribution in [1.29, 1.82) is 0 Å². The number of aryl methyl sites for hydroxylation is 2. The molecule has 110 valence electrons. The lowest BCUT2D eigenvalue weighted by atomic mass is 9.95. The van der Waals surface area contributed by atoms with Gasteiger partial charge in [0.15, 0.2) is 0 Å². The molecule has 0 bridgehead atoms. The molecule has 0 saturated heterocycles. The third-order valence-corrected chi connectivity index (χ3v) is 4.60. The van der Waals surface area contributed by atoms with Crippen LogP contribution in [0.3, 0.4) is 0 Å². The van der Waals surface area contributed by atoms with Crippen molar-refractivity contribution in [3.05, 3.63) is 34.9 Å². The topological polar surface area (TPSA) is 52.3 Å². The highest BCUT2D eigenvalue weighted by atomic mass is 16.5. The lowest BCUT2D eigenvalue weighted by Crippen LogP contribution is -2.19. The summed E-state index contributed by atoms with van der Waals surface area (Å²) in [5.74, 6) is 0. The second-order valence-corrected chi connectivity index (χ2v) is 6.17. The van der Waals surface area contributed by atoms with E-state index in [0.29, 0.717) is 6.61 Å². The Hall–Kier alpha value is -1.51. The molecule has 0 spiro atoms. The van der Waals surface area contributed by atoms with Gasteiger partial charge >= 0.3 is 6.09 Å². The summed E-state index contributed by atoms with van der Waals surface area (Å²) in [6, 6.07) is 6.53. The molecule has 0 heterocycles. The first-order chi connectivity index (χ1) is 9.52. The summed E-state index contributed by atoms with van der Waals surface area (Å²) in [6.07, 6.45) is 6.36. The van der Waals surface area contributed by atoms with Crippen molar-refractivity contribution in [1.82, 2.24) is 0 Å². The number of carbonyl (C=O) groups is 1. The molecule has 1 aliphatic carbocycles. The number of carbonyl (C=O) groups excluding carboxylic acids is 1. The first kappa shape index (κ1) is 14.9. The molecule has 3 nitrogen and oxygen atoms in total. The minimum atomic E-state index is -0.647. The summed E-state index contributed by atoms with van der Waals surface area (Å²) < 4.78 is 4.96. The van der Waals surface area contributed by atoms with Crippen LogP contribution in [0.4, 0.5) is 4.79 Å². The molecule has 1 aromatic rings. The van der Waals surface area contributed by atoms with Gasteiger partial charge in [0.25, 0.3) is 0 Å². The predicted molar refractivity (Wildman–Crippen MR) is 80.7 cm³/mol. The molecule has 1 saturated carbocycles. The van der Waals surface area contributed by atoms with Crippen molar-refractivity contribution in [3.63, 3.8) is 0 Å². The third-order valence-electron chi connectivity index (χ3n) is 4.60. The van der Waals surface area contributed by atoms with Gasteiger partial charge in [-0.1, -0.05) is 24.6 Å². The first-order valence-corrected chi connectivity index (χ1v) is 7.50. The van der Waals surface area contributed by atoms with Crippen molar-refractivity contribution in [2.24, 2.45) is 11.1 Å². The van der Waals surface area contributed by atoms with Crippen molar-refractivity contribution >= 4 is 6.09 Å². The SMILES string of the molecule is Cc1cccc(CCCCC2(COC(N)=O)CC2)c1C. The number of hydrogen-bond acceptors (Lipinski definition) is 2. The fraction of sp³-hybridized carbons (Fsp3) is 0.588. The fourth-order valence-corrected chi connectivity index (χ4v) is 2.77. The summed E-state index contributed by atoms with van der Waals surface area (Å²) in [5, 5.41) is 0. The lowest BCUT2D eigenvalue weighted by molar-refractivity contribution is 0.126. The summed E-state index contributed by atoms with van der Waals surface area (Å²) in [4.78, 5) is 10.7. The second-order valence-electron chi connectivity index (χ2n) is 6.17. The molecule has 0 radical (unpaired) electrons. The highest BCUT2D eigenvalue weighted by Gasteiger charge is 2.42. The van der Waals surface area contributed by atoms with Gasteiger partial charge in [-0.15, -0.1) is 0 Å². The van der Waals surface area contributed by atoms with Gasteiger partial charge in [-0.3, -0.25) is 0 Å². The van der Waals surface area contributed by atoms with E-state index in [2.05, 4.69) is 32.0 Å². The Morgan fingerprint density at radius 2 is 2.05 bits per heavy atom. The highest BCUT2D eigenvalue weighted by molar-refractivity contribution is 5.64. The van der Waals surface area contributed by atoms with Gasteiger partial charge in [0, 0.05) is 5.41 Å². The number of benzene rings is 1. The van der Waals surface area contributed by atoms with E-state index < -0.39 is 6.09 Å². The average molecular weight is 275 g/mol. The Morgan fingerprint density at radius 3 is 2.70 bits per heavy atom. The van der Waals surface area contributed by atoms with Crippen LogP contribution in [0.2, 0.25) is 0 Å². The normalized spacial score (nSPS) is 15.9. The molecule has 2 N–H and O–H groups in total.